The van der Waals surface area contributed by atoms with Gasteiger partial charge < -0.3 is 30.4 Å². The molecule has 0 aliphatic carbocycles. The fourth-order valence-corrected chi connectivity index (χ4v) is 4.54. The highest BCUT2D eigenvalue weighted by atomic mass is 19.1. The molecule has 0 radical (unpaired) electrons. The Hall–Kier alpha value is -4.20. The minimum Gasteiger partial charge on any atom is -0.493 e. The topological polar surface area (TPSA) is 139 Å². The van der Waals surface area contributed by atoms with Gasteiger partial charge in [-0.05, 0) is 30.7 Å². The summed E-state index contributed by atoms with van der Waals surface area (Å²) in [4.78, 5) is 22.7. The molecule has 1 aliphatic heterocycles. The monoisotopic (exact) mass is 569 g/mol. The number of carbonyl (C=O) groups is 1. The molecular weight excluding hydrogens is 533 g/mol. The third-order valence-electron chi connectivity index (χ3n) is 6.46. The molecule has 2 aromatic carbocycles. The average molecular weight is 570 g/mol. The fraction of sp³-hybridized carbons (Fsp3) is 0.393. The number of amides is 1. The summed E-state index contributed by atoms with van der Waals surface area (Å²) in [6, 6.07) is 9.72. The number of nitrogens with two attached hydrogens (primary N) is 1. The second kappa shape index (κ2) is 14.4. The zero-order valence-electron chi connectivity index (χ0n) is 23.3. The lowest BCUT2D eigenvalue weighted by atomic mass is 10.2. The number of nitrogens with one attached hydrogen (secondary N) is 1. The highest BCUT2D eigenvalue weighted by Gasteiger charge is 2.25. The van der Waals surface area contributed by atoms with Gasteiger partial charge in [-0.2, -0.15) is 0 Å². The zero-order valence-corrected chi connectivity index (χ0v) is 23.3. The summed E-state index contributed by atoms with van der Waals surface area (Å²) in [6.07, 6.45) is 3.94. The van der Waals surface area contributed by atoms with Crippen LogP contribution in [0.2, 0.25) is 0 Å². The molecule has 0 saturated carbocycles. The number of ether oxygens (including phenoxy) is 3. The molecule has 1 aromatic heterocycles. The number of methoxy groups -OCH3 is 2. The van der Waals surface area contributed by atoms with E-state index in [-0.39, 0.29) is 19.0 Å². The van der Waals surface area contributed by atoms with Crippen molar-refractivity contribution in [1.82, 2.24) is 19.9 Å². The van der Waals surface area contributed by atoms with E-state index in [9.17, 15) is 14.3 Å². The number of rotatable bonds is 16. The molecule has 0 atom stereocenters. The van der Waals surface area contributed by atoms with Gasteiger partial charge in [0.2, 0.25) is 5.91 Å². The van der Waals surface area contributed by atoms with Crippen LogP contribution in [0.25, 0.3) is 10.9 Å². The quantitative estimate of drug-likeness (QED) is 0.218. The van der Waals surface area contributed by atoms with Crippen LogP contribution in [-0.4, -0.2) is 97.7 Å². The number of anilines is 2. The van der Waals surface area contributed by atoms with Crippen molar-refractivity contribution in [2.75, 3.05) is 77.1 Å². The number of hydrogen-bond donors (Lipinski definition) is 3. The van der Waals surface area contributed by atoms with Crippen molar-refractivity contribution in [3.63, 3.8) is 0 Å². The number of aliphatic hydroxyl groups is 1. The first-order chi connectivity index (χ1) is 19.9. The van der Waals surface area contributed by atoms with Crippen LogP contribution in [0.4, 0.5) is 15.9 Å². The first kappa shape index (κ1) is 29.8. The van der Waals surface area contributed by atoms with Crippen molar-refractivity contribution >= 4 is 28.3 Å². The number of aliphatic hydroxyl groups excluding tert-OH is 1. The number of hydrazine groups is 1. The van der Waals surface area contributed by atoms with Gasteiger partial charge in [0, 0.05) is 44.4 Å². The standard InChI is InChI=1S/C28H36FN7O5/c1-39-12-9-34(8-10-37)7-4-11-41-26-15-24-23(14-25(26)40-2)28(32-19-31-24)33-21-16-35(18-27(30)38)36(17-21)22-6-3-5-20(29)13-22/h3,5-6,13-16,19,37H,4,7-12,17-18H2,1-2H3,(H2,30,38)(H,31,32,33). The summed E-state index contributed by atoms with van der Waals surface area (Å²) < 4.78 is 30.7. The normalized spacial score (nSPS) is 13.1. The molecule has 0 unspecified atom stereocenters. The van der Waals surface area contributed by atoms with E-state index in [0.717, 1.165) is 25.2 Å². The summed E-state index contributed by atoms with van der Waals surface area (Å²) in [7, 11) is 3.22. The third-order valence-corrected chi connectivity index (χ3v) is 6.46. The lowest BCUT2D eigenvalue weighted by Gasteiger charge is -2.29. The number of aromatic nitrogens is 2. The SMILES string of the molecule is COCCN(CCO)CCCOc1cc2ncnc(NC3=CN(CC(N)=O)N(c4cccc(F)c4)C3)c2cc1OC. The maximum Gasteiger partial charge on any atom is 0.239 e. The summed E-state index contributed by atoms with van der Waals surface area (Å²) in [5.41, 5.74) is 7.40. The van der Waals surface area contributed by atoms with Gasteiger partial charge in [0.15, 0.2) is 11.5 Å². The van der Waals surface area contributed by atoms with Gasteiger partial charge in [0.1, 0.15) is 24.5 Å². The van der Waals surface area contributed by atoms with E-state index in [1.807, 2.05) is 6.07 Å². The first-order valence-electron chi connectivity index (χ1n) is 13.2. The minimum absolute atomic E-state index is 0.0785. The molecule has 1 aliphatic rings. The number of hydrogen-bond acceptors (Lipinski definition) is 11. The Balaban J connectivity index is 1.48. The van der Waals surface area contributed by atoms with Crippen LogP contribution in [0.5, 0.6) is 11.5 Å². The smallest absolute Gasteiger partial charge is 0.239 e. The Labute approximate surface area is 238 Å². The molecule has 0 bridgehead atoms. The Bertz CT molecular complexity index is 1360. The molecule has 4 rings (SSSR count). The maximum atomic E-state index is 13.9. The third kappa shape index (κ3) is 7.93. The van der Waals surface area contributed by atoms with Gasteiger partial charge >= 0.3 is 0 Å². The summed E-state index contributed by atoms with van der Waals surface area (Å²) in [5.74, 6) is 0.705. The van der Waals surface area contributed by atoms with Crippen molar-refractivity contribution in [2.24, 2.45) is 5.73 Å². The van der Waals surface area contributed by atoms with Gasteiger partial charge in [0.05, 0.1) is 50.4 Å². The van der Waals surface area contributed by atoms with Gasteiger partial charge in [-0.25, -0.2) is 14.4 Å². The van der Waals surface area contributed by atoms with Crippen LogP contribution in [0.1, 0.15) is 6.42 Å². The second-order valence-electron chi connectivity index (χ2n) is 9.38. The van der Waals surface area contributed by atoms with Crippen molar-refractivity contribution in [1.29, 1.82) is 0 Å². The number of primary amides is 1. The molecule has 12 nitrogen and oxygen atoms in total. The molecule has 1 amide bonds. The van der Waals surface area contributed by atoms with Gasteiger partial charge in [-0.1, -0.05) is 6.07 Å². The molecule has 4 N–H and O–H groups in total. The van der Waals surface area contributed by atoms with Crippen LogP contribution in [0, 0.1) is 5.82 Å². The number of benzene rings is 2. The summed E-state index contributed by atoms with van der Waals surface area (Å²) in [5, 5.41) is 16.7. The molecular formula is C28H36FN7O5. The largest absolute Gasteiger partial charge is 0.493 e. The van der Waals surface area contributed by atoms with Gasteiger partial charge in [-0.15, -0.1) is 0 Å². The van der Waals surface area contributed by atoms with Crippen LogP contribution >= 0.6 is 0 Å². The molecule has 0 fully saturated rings. The molecule has 0 saturated heterocycles. The van der Waals surface area contributed by atoms with E-state index in [1.165, 1.54) is 18.5 Å². The lowest BCUT2D eigenvalue weighted by Crippen LogP contribution is -2.41. The summed E-state index contributed by atoms with van der Waals surface area (Å²) >= 11 is 0. The zero-order chi connectivity index (χ0) is 29.2. The Kier molecular flexibility index (Phi) is 10.5. The van der Waals surface area contributed by atoms with Crippen molar-refractivity contribution < 1.29 is 28.5 Å². The highest BCUT2D eigenvalue weighted by molar-refractivity contribution is 5.92. The maximum absolute atomic E-state index is 13.9. The average Bonchev–Trinajstić information content (AvgIpc) is 3.34. The van der Waals surface area contributed by atoms with E-state index in [0.29, 0.717) is 60.2 Å². The number of nitrogens with zero attached hydrogens (tertiary/aromatic N) is 5. The lowest BCUT2D eigenvalue weighted by molar-refractivity contribution is -0.118. The van der Waals surface area contributed by atoms with E-state index in [4.69, 9.17) is 19.9 Å². The van der Waals surface area contributed by atoms with Crippen LogP contribution < -0.4 is 25.5 Å². The van der Waals surface area contributed by atoms with Crippen molar-refractivity contribution in [2.45, 2.75) is 6.42 Å². The van der Waals surface area contributed by atoms with Crippen molar-refractivity contribution in [3.05, 3.63) is 60.4 Å². The van der Waals surface area contributed by atoms with E-state index in [1.54, 1.807) is 48.6 Å². The summed E-state index contributed by atoms with van der Waals surface area (Å²) in [6.45, 7) is 3.45. The molecule has 2 heterocycles. The van der Waals surface area contributed by atoms with Crippen LogP contribution in [0.3, 0.4) is 0 Å². The Morgan fingerprint density at radius 3 is 2.73 bits per heavy atom. The van der Waals surface area contributed by atoms with Gasteiger partial charge in [0.25, 0.3) is 0 Å². The number of carbonyl (C=O) groups excluding carboxylic acids is 1. The Morgan fingerprint density at radius 2 is 2.00 bits per heavy atom. The number of halogens is 1. The predicted molar refractivity (Wildman–Crippen MR) is 153 cm³/mol. The van der Waals surface area contributed by atoms with Crippen LogP contribution in [0.15, 0.2) is 54.6 Å². The van der Waals surface area contributed by atoms with E-state index < -0.39 is 5.91 Å². The fourth-order valence-electron chi connectivity index (χ4n) is 4.54. The highest BCUT2D eigenvalue weighted by Crippen LogP contribution is 2.35. The molecule has 3 aromatic rings. The van der Waals surface area contributed by atoms with Crippen LogP contribution in [-0.2, 0) is 9.53 Å². The predicted octanol–water partition coefficient (Wildman–Crippen LogP) is 1.96. The van der Waals surface area contributed by atoms with Gasteiger partial charge in [-0.3, -0.25) is 19.7 Å². The molecule has 13 heteroatoms. The van der Waals surface area contributed by atoms with E-state index >= 15 is 0 Å². The molecule has 41 heavy (non-hydrogen) atoms. The first-order valence-corrected chi connectivity index (χ1v) is 13.2. The van der Waals surface area contributed by atoms with Crippen molar-refractivity contribution in [3.8, 4) is 11.5 Å². The van der Waals surface area contributed by atoms with E-state index in [2.05, 4.69) is 20.2 Å². The molecule has 0 spiro atoms. The second-order valence-corrected chi connectivity index (χ2v) is 9.38. The Morgan fingerprint density at radius 1 is 1.15 bits per heavy atom. The number of fused-ring (bicyclic) bond motifs is 1. The molecule has 220 valence electrons. The minimum atomic E-state index is -0.523.